The molecule has 0 aromatic carbocycles. The summed E-state index contributed by atoms with van der Waals surface area (Å²) in [5.74, 6) is 1.43. The van der Waals surface area contributed by atoms with E-state index in [-0.39, 0.29) is 0 Å². The lowest BCUT2D eigenvalue weighted by Gasteiger charge is -2.31. The smallest absolute Gasteiger partial charge is 0.279 e. The maximum absolute atomic E-state index is 12.1. The van der Waals surface area contributed by atoms with E-state index < -0.39 is 10.2 Å². The molecule has 108 valence electrons. The molecule has 0 aromatic rings. The third kappa shape index (κ3) is 5.44. The summed E-state index contributed by atoms with van der Waals surface area (Å²) in [6.45, 7) is 2.71. The zero-order valence-corrected chi connectivity index (χ0v) is 12.9. The standard InChI is InChI=1S/C11H25N3O2S2/c1-12-9-11-5-3-7-14(10-11)18(15,16)13-6-4-8-17-2/h11-13H,3-10H2,1-2H3. The summed E-state index contributed by atoms with van der Waals surface area (Å²) in [5.41, 5.74) is 0. The first kappa shape index (κ1) is 16.2. The monoisotopic (exact) mass is 295 g/mol. The van der Waals surface area contributed by atoms with Crippen LogP contribution >= 0.6 is 11.8 Å². The fraction of sp³-hybridized carbons (Fsp3) is 1.00. The van der Waals surface area contributed by atoms with Crippen molar-refractivity contribution in [2.45, 2.75) is 19.3 Å². The number of rotatable bonds is 8. The van der Waals surface area contributed by atoms with E-state index in [1.54, 1.807) is 16.1 Å². The molecule has 7 heteroatoms. The van der Waals surface area contributed by atoms with Crippen LogP contribution < -0.4 is 10.0 Å². The Morgan fingerprint density at radius 2 is 2.22 bits per heavy atom. The quantitative estimate of drug-likeness (QED) is 0.640. The summed E-state index contributed by atoms with van der Waals surface area (Å²) in [7, 11) is -1.36. The Bertz CT molecular complexity index is 320. The van der Waals surface area contributed by atoms with Gasteiger partial charge < -0.3 is 5.32 Å². The van der Waals surface area contributed by atoms with Gasteiger partial charge in [-0.1, -0.05) is 0 Å². The van der Waals surface area contributed by atoms with Crippen molar-refractivity contribution < 1.29 is 8.42 Å². The normalized spacial score (nSPS) is 22.2. The Morgan fingerprint density at radius 1 is 1.44 bits per heavy atom. The summed E-state index contributed by atoms with van der Waals surface area (Å²) < 4.78 is 28.5. The van der Waals surface area contributed by atoms with E-state index in [1.165, 1.54) is 0 Å². The summed E-state index contributed by atoms with van der Waals surface area (Å²) in [4.78, 5) is 0. The molecule has 0 radical (unpaired) electrons. The Kier molecular flexibility index (Phi) is 7.55. The highest BCUT2D eigenvalue weighted by atomic mass is 32.2. The Balaban J connectivity index is 2.40. The van der Waals surface area contributed by atoms with Crippen LogP contribution in [0.5, 0.6) is 0 Å². The second kappa shape index (κ2) is 8.37. The van der Waals surface area contributed by atoms with Crippen LogP contribution in [-0.2, 0) is 10.2 Å². The van der Waals surface area contributed by atoms with E-state index in [4.69, 9.17) is 0 Å². The van der Waals surface area contributed by atoms with E-state index in [2.05, 4.69) is 10.0 Å². The minimum Gasteiger partial charge on any atom is -0.319 e. The van der Waals surface area contributed by atoms with Crippen molar-refractivity contribution in [1.29, 1.82) is 0 Å². The van der Waals surface area contributed by atoms with Gasteiger partial charge in [-0.05, 0) is 50.8 Å². The lowest BCUT2D eigenvalue weighted by Crippen LogP contribution is -2.47. The highest BCUT2D eigenvalue weighted by Crippen LogP contribution is 2.17. The number of hydrogen-bond donors (Lipinski definition) is 2. The maximum atomic E-state index is 12.1. The molecular weight excluding hydrogens is 270 g/mol. The number of hydrogen-bond acceptors (Lipinski definition) is 4. The van der Waals surface area contributed by atoms with Gasteiger partial charge >= 0.3 is 0 Å². The molecule has 0 amide bonds. The first-order valence-electron chi connectivity index (χ1n) is 6.48. The predicted octanol–water partition coefficient (Wildman–Crippen LogP) is 0.505. The molecule has 1 rings (SSSR count). The van der Waals surface area contributed by atoms with Crippen LogP contribution in [0.2, 0.25) is 0 Å². The molecule has 1 atom stereocenters. The number of thioether (sulfide) groups is 1. The van der Waals surface area contributed by atoms with Gasteiger partial charge in [-0.2, -0.15) is 24.5 Å². The molecule has 0 spiro atoms. The molecule has 2 N–H and O–H groups in total. The van der Waals surface area contributed by atoms with Gasteiger partial charge in [0.25, 0.3) is 10.2 Å². The topological polar surface area (TPSA) is 61.4 Å². The van der Waals surface area contributed by atoms with Crippen molar-refractivity contribution in [3.63, 3.8) is 0 Å². The highest BCUT2D eigenvalue weighted by molar-refractivity contribution is 7.98. The van der Waals surface area contributed by atoms with Crippen LogP contribution in [0.15, 0.2) is 0 Å². The summed E-state index contributed by atoms with van der Waals surface area (Å²) >= 11 is 1.74. The first-order valence-corrected chi connectivity index (χ1v) is 9.32. The number of nitrogens with zero attached hydrogens (tertiary/aromatic N) is 1. The molecule has 1 heterocycles. The molecular formula is C11H25N3O2S2. The van der Waals surface area contributed by atoms with Crippen molar-refractivity contribution in [3.05, 3.63) is 0 Å². The molecule has 0 saturated carbocycles. The molecule has 18 heavy (non-hydrogen) atoms. The maximum Gasteiger partial charge on any atom is 0.279 e. The molecule has 0 aliphatic carbocycles. The molecule has 0 bridgehead atoms. The molecule has 0 aromatic heterocycles. The summed E-state index contributed by atoms with van der Waals surface area (Å²) in [6, 6.07) is 0. The SMILES string of the molecule is CNCC1CCCN(S(=O)(=O)NCCCSC)C1. The Morgan fingerprint density at radius 3 is 2.89 bits per heavy atom. The number of piperidine rings is 1. The summed E-state index contributed by atoms with van der Waals surface area (Å²) in [6.07, 6.45) is 4.98. The van der Waals surface area contributed by atoms with Crippen molar-refractivity contribution in [1.82, 2.24) is 14.3 Å². The second-order valence-electron chi connectivity index (χ2n) is 4.67. The van der Waals surface area contributed by atoms with Crippen LogP contribution in [-0.4, -0.2) is 58.0 Å². The molecule has 1 aliphatic heterocycles. The van der Waals surface area contributed by atoms with Crippen molar-refractivity contribution in [3.8, 4) is 0 Å². The fourth-order valence-corrected chi connectivity index (χ4v) is 4.00. The van der Waals surface area contributed by atoms with Crippen LogP contribution in [0.4, 0.5) is 0 Å². The zero-order chi connectivity index (χ0) is 13.4. The molecule has 1 fully saturated rings. The highest BCUT2D eigenvalue weighted by Gasteiger charge is 2.27. The Hall–Kier alpha value is 0.180. The molecule has 1 unspecified atom stereocenters. The van der Waals surface area contributed by atoms with Gasteiger partial charge in [0, 0.05) is 19.6 Å². The van der Waals surface area contributed by atoms with Gasteiger partial charge in [-0.15, -0.1) is 0 Å². The minimum absolute atomic E-state index is 0.437. The van der Waals surface area contributed by atoms with Gasteiger partial charge in [-0.25, -0.2) is 4.72 Å². The van der Waals surface area contributed by atoms with E-state index >= 15 is 0 Å². The van der Waals surface area contributed by atoms with Crippen molar-refractivity contribution >= 4 is 22.0 Å². The molecule has 5 nitrogen and oxygen atoms in total. The Labute approximate surface area is 115 Å². The lowest BCUT2D eigenvalue weighted by molar-refractivity contribution is 0.261. The van der Waals surface area contributed by atoms with Crippen LogP contribution in [0.25, 0.3) is 0 Å². The summed E-state index contributed by atoms with van der Waals surface area (Å²) in [5, 5.41) is 3.12. The second-order valence-corrected chi connectivity index (χ2v) is 7.41. The predicted molar refractivity (Wildman–Crippen MR) is 78.1 cm³/mol. The van der Waals surface area contributed by atoms with E-state index in [1.807, 2.05) is 13.3 Å². The molecule has 1 aliphatic rings. The van der Waals surface area contributed by atoms with E-state index in [0.717, 1.165) is 31.6 Å². The van der Waals surface area contributed by atoms with E-state index in [9.17, 15) is 8.42 Å². The zero-order valence-electron chi connectivity index (χ0n) is 11.3. The van der Waals surface area contributed by atoms with Gasteiger partial charge in [-0.3, -0.25) is 0 Å². The largest absolute Gasteiger partial charge is 0.319 e. The molecule has 1 saturated heterocycles. The van der Waals surface area contributed by atoms with Crippen molar-refractivity contribution in [2.75, 3.05) is 45.2 Å². The lowest BCUT2D eigenvalue weighted by atomic mass is 10.00. The third-order valence-electron chi connectivity index (χ3n) is 3.12. The van der Waals surface area contributed by atoms with Crippen LogP contribution in [0.3, 0.4) is 0 Å². The average Bonchev–Trinajstić information content (AvgIpc) is 2.36. The van der Waals surface area contributed by atoms with Gasteiger partial charge in [0.15, 0.2) is 0 Å². The van der Waals surface area contributed by atoms with Gasteiger partial charge in [0.1, 0.15) is 0 Å². The van der Waals surface area contributed by atoms with E-state index in [0.29, 0.717) is 25.6 Å². The third-order valence-corrected chi connectivity index (χ3v) is 5.40. The fourth-order valence-electron chi connectivity index (χ4n) is 2.21. The van der Waals surface area contributed by atoms with Crippen LogP contribution in [0, 0.1) is 5.92 Å². The first-order chi connectivity index (χ1) is 8.60. The van der Waals surface area contributed by atoms with Crippen molar-refractivity contribution in [2.24, 2.45) is 5.92 Å². The number of nitrogens with one attached hydrogen (secondary N) is 2. The minimum atomic E-state index is -3.27. The van der Waals surface area contributed by atoms with Crippen LogP contribution in [0.1, 0.15) is 19.3 Å². The van der Waals surface area contributed by atoms with Gasteiger partial charge in [0.05, 0.1) is 0 Å². The average molecular weight is 295 g/mol. The van der Waals surface area contributed by atoms with Gasteiger partial charge in [0.2, 0.25) is 0 Å².